The highest BCUT2D eigenvalue weighted by atomic mass is 19.3. The maximum Gasteiger partial charge on any atom is 0.248 e. The zero-order chi connectivity index (χ0) is 7.78. The van der Waals surface area contributed by atoms with Crippen molar-refractivity contribution in [3.63, 3.8) is 0 Å². The number of halogens is 2. The van der Waals surface area contributed by atoms with E-state index < -0.39 is 5.92 Å². The summed E-state index contributed by atoms with van der Waals surface area (Å²) in [6, 6.07) is 0. The van der Waals surface area contributed by atoms with E-state index in [9.17, 15) is 8.78 Å². The molecular formula is C8H14F2. The number of hydrogen-bond acceptors (Lipinski definition) is 0. The van der Waals surface area contributed by atoms with Gasteiger partial charge in [-0.1, -0.05) is 13.3 Å². The fraction of sp³-hybridized carbons (Fsp3) is 1.00. The van der Waals surface area contributed by atoms with Crippen LogP contribution in [0.5, 0.6) is 0 Å². The van der Waals surface area contributed by atoms with Gasteiger partial charge < -0.3 is 0 Å². The second-order valence-corrected chi connectivity index (χ2v) is 3.40. The summed E-state index contributed by atoms with van der Waals surface area (Å²) in [5.41, 5.74) is 0. The SMILES string of the molecule is CC[C@H]1C[C@H](C(C)(F)F)C1. The first kappa shape index (κ1) is 7.96. The van der Waals surface area contributed by atoms with Gasteiger partial charge in [-0.05, 0) is 25.7 Å². The van der Waals surface area contributed by atoms with Crippen LogP contribution in [0.2, 0.25) is 0 Å². The molecule has 1 aliphatic rings. The molecule has 2 heteroatoms. The van der Waals surface area contributed by atoms with Gasteiger partial charge in [0.05, 0.1) is 0 Å². The third kappa shape index (κ3) is 1.47. The van der Waals surface area contributed by atoms with Gasteiger partial charge in [0, 0.05) is 5.92 Å². The molecule has 0 nitrogen and oxygen atoms in total. The molecule has 1 saturated carbocycles. The first-order valence-corrected chi connectivity index (χ1v) is 3.91. The van der Waals surface area contributed by atoms with Crippen molar-refractivity contribution in [1.82, 2.24) is 0 Å². The van der Waals surface area contributed by atoms with E-state index in [1.165, 1.54) is 0 Å². The van der Waals surface area contributed by atoms with Gasteiger partial charge >= 0.3 is 0 Å². The predicted molar refractivity (Wildman–Crippen MR) is 37.1 cm³/mol. The lowest BCUT2D eigenvalue weighted by molar-refractivity contribution is -0.0903. The van der Waals surface area contributed by atoms with Crippen molar-refractivity contribution in [1.29, 1.82) is 0 Å². The summed E-state index contributed by atoms with van der Waals surface area (Å²) in [5.74, 6) is -2.17. The molecule has 10 heavy (non-hydrogen) atoms. The van der Waals surface area contributed by atoms with E-state index in [1.807, 2.05) is 0 Å². The molecule has 0 aromatic rings. The lowest BCUT2D eigenvalue weighted by Crippen LogP contribution is -2.36. The van der Waals surface area contributed by atoms with Crippen LogP contribution in [0.25, 0.3) is 0 Å². The molecule has 0 N–H and O–H groups in total. The second-order valence-electron chi connectivity index (χ2n) is 3.40. The molecule has 0 aromatic carbocycles. The molecule has 0 bridgehead atoms. The lowest BCUT2D eigenvalue weighted by atomic mass is 9.71. The summed E-state index contributed by atoms with van der Waals surface area (Å²) in [6.45, 7) is 3.10. The van der Waals surface area contributed by atoms with Gasteiger partial charge in [0.2, 0.25) is 5.92 Å². The van der Waals surface area contributed by atoms with Crippen molar-refractivity contribution < 1.29 is 8.78 Å². The van der Waals surface area contributed by atoms with E-state index in [2.05, 4.69) is 6.92 Å². The van der Waals surface area contributed by atoms with Gasteiger partial charge in [-0.25, -0.2) is 8.78 Å². The largest absolute Gasteiger partial charge is 0.248 e. The van der Waals surface area contributed by atoms with E-state index in [0.29, 0.717) is 5.92 Å². The highest BCUT2D eigenvalue weighted by Crippen LogP contribution is 2.44. The average Bonchev–Trinajstić information content (AvgIpc) is 1.57. The third-order valence-electron chi connectivity index (χ3n) is 2.53. The summed E-state index contributed by atoms with van der Waals surface area (Å²) in [7, 11) is 0. The molecular weight excluding hydrogens is 134 g/mol. The van der Waals surface area contributed by atoms with Crippen LogP contribution in [0.15, 0.2) is 0 Å². The van der Waals surface area contributed by atoms with Crippen LogP contribution in [-0.4, -0.2) is 5.92 Å². The monoisotopic (exact) mass is 148 g/mol. The molecule has 0 radical (unpaired) electrons. The first-order valence-electron chi connectivity index (χ1n) is 3.91. The van der Waals surface area contributed by atoms with E-state index >= 15 is 0 Å². The van der Waals surface area contributed by atoms with Crippen LogP contribution in [-0.2, 0) is 0 Å². The molecule has 1 aliphatic carbocycles. The van der Waals surface area contributed by atoms with Crippen LogP contribution in [0.3, 0.4) is 0 Å². The fourth-order valence-electron chi connectivity index (χ4n) is 1.48. The topological polar surface area (TPSA) is 0 Å². The first-order chi connectivity index (χ1) is 4.54. The smallest absolute Gasteiger partial charge is 0.207 e. The minimum absolute atomic E-state index is 0.322. The quantitative estimate of drug-likeness (QED) is 0.564. The maximum absolute atomic E-state index is 12.5. The van der Waals surface area contributed by atoms with Gasteiger partial charge in [0.15, 0.2) is 0 Å². The summed E-state index contributed by atoms with van der Waals surface area (Å²) in [6.07, 6.45) is 2.53. The Morgan fingerprint density at radius 3 is 2.20 bits per heavy atom. The molecule has 0 saturated heterocycles. The Labute approximate surface area is 60.6 Å². The highest BCUT2D eigenvalue weighted by molar-refractivity contribution is 4.85. The highest BCUT2D eigenvalue weighted by Gasteiger charge is 2.42. The Balaban J connectivity index is 2.26. The van der Waals surface area contributed by atoms with Crippen molar-refractivity contribution in [3.05, 3.63) is 0 Å². The normalized spacial score (nSPS) is 33.6. The zero-order valence-electron chi connectivity index (χ0n) is 6.53. The number of rotatable bonds is 2. The number of alkyl halides is 2. The van der Waals surface area contributed by atoms with Gasteiger partial charge in [0.25, 0.3) is 0 Å². The minimum atomic E-state index is -2.42. The third-order valence-corrected chi connectivity index (χ3v) is 2.53. The predicted octanol–water partition coefficient (Wildman–Crippen LogP) is 3.08. The Hall–Kier alpha value is -0.140. The van der Waals surface area contributed by atoms with Crippen LogP contribution in [0, 0.1) is 11.8 Å². The average molecular weight is 148 g/mol. The summed E-state index contributed by atoms with van der Waals surface area (Å²) >= 11 is 0. The van der Waals surface area contributed by atoms with Crippen molar-refractivity contribution >= 4 is 0 Å². The molecule has 60 valence electrons. The van der Waals surface area contributed by atoms with Crippen LogP contribution in [0.1, 0.15) is 33.1 Å². The van der Waals surface area contributed by atoms with Crippen molar-refractivity contribution in [2.24, 2.45) is 11.8 Å². The molecule has 0 unspecified atom stereocenters. The summed E-state index contributed by atoms with van der Waals surface area (Å²) in [4.78, 5) is 0. The standard InChI is InChI=1S/C8H14F2/c1-3-6-4-7(5-6)8(2,9)10/h6-7H,3-5H2,1-2H3/t6-,7-. The Kier molecular flexibility index (Phi) is 1.97. The molecule has 0 spiro atoms. The van der Waals surface area contributed by atoms with E-state index in [4.69, 9.17) is 0 Å². The fourth-order valence-corrected chi connectivity index (χ4v) is 1.48. The molecule has 0 amide bonds. The second kappa shape index (κ2) is 2.48. The van der Waals surface area contributed by atoms with Crippen molar-refractivity contribution in [3.8, 4) is 0 Å². The Morgan fingerprint density at radius 2 is 1.90 bits per heavy atom. The van der Waals surface area contributed by atoms with E-state index in [0.717, 1.165) is 26.2 Å². The summed E-state index contributed by atoms with van der Waals surface area (Å²) in [5, 5.41) is 0. The Morgan fingerprint density at radius 1 is 1.40 bits per heavy atom. The van der Waals surface area contributed by atoms with Crippen molar-refractivity contribution in [2.45, 2.75) is 39.0 Å². The van der Waals surface area contributed by atoms with Crippen molar-refractivity contribution in [2.75, 3.05) is 0 Å². The summed E-state index contributed by atoms with van der Waals surface area (Å²) < 4.78 is 25.0. The lowest BCUT2D eigenvalue weighted by Gasteiger charge is -2.38. The molecule has 0 atom stereocenters. The maximum atomic E-state index is 12.5. The van der Waals surface area contributed by atoms with Crippen LogP contribution in [0.4, 0.5) is 8.78 Å². The van der Waals surface area contributed by atoms with Crippen LogP contribution >= 0.6 is 0 Å². The number of hydrogen-bond donors (Lipinski definition) is 0. The van der Waals surface area contributed by atoms with Gasteiger partial charge in [-0.2, -0.15) is 0 Å². The van der Waals surface area contributed by atoms with E-state index in [-0.39, 0.29) is 5.92 Å². The molecule has 0 aliphatic heterocycles. The van der Waals surface area contributed by atoms with Crippen LogP contribution < -0.4 is 0 Å². The Bertz CT molecular complexity index is 109. The molecule has 0 heterocycles. The van der Waals surface area contributed by atoms with E-state index in [1.54, 1.807) is 0 Å². The molecule has 0 aromatic heterocycles. The molecule has 1 fully saturated rings. The van der Waals surface area contributed by atoms with Gasteiger partial charge in [0.1, 0.15) is 0 Å². The zero-order valence-corrected chi connectivity index (χ0v) is 6.53. The minimum Gasteiger partial charge on any atom is -0.207 e. The van der Waals surface area contributed by atoms with Gasteiger partial charge in [-0.3, -0.25) is 0 Å². The van der Waals surface area contributed by atoms with Gasteiger partial charge in [-0.15, -0.1) is 0 Å². The molecule has 1 rings (SSSR count).